The molecule has 5 aromatic rings. The van der Waals surface area contributed by atoms with Crippen LogP contribution in [0.2, 0.25) is 0 Å². The van der Waals surface area contributed by atoms with Gasteiger partial charge >= 0.3 is 0 Å². The van der Waals surface area contributed by atoms with Crippen molar-refractivity contribution in [3.63, 3.8) is 0 Å². The summed E-state index contributed by atoms with van der Waals surface area (Å²) in [5.41, 5.74) is 3.42. The molecule has 1 amide bonds. The maximum Gasteiger partial charge on any atom is 0.275 e. The first-order chi connectivity index (χ1) is 14.2. The van der Waals surface area contributed by atoms with E-state index in [1.165, 1.54) is 11.3 Å². The van der Waals surface area contributed by atoms with Crippen LogP contribution in [0.25, 0.3) is 27.6 Å². The molecule has 5 rings (SSSR count). The largest absolute Gasteiger partial charge is 0.321 e. The number of thiazole rings is 1. The van der Waals surface area contributed by atoms with Crippen molar-refractivity contribution < 1.29 is 4.79 Å². The van der Waals surface area contributed by atoms with E-state index in [4.69, 9.17) is 5.10 Å². The molecule has 0 aliphatic heterocycles. The van der Waals surface area contributed by atoms with Crippen LogP contribution in [-0.4, -0.2) is 30.7 Å². The highest BCUT2D eigenvalue weighted by Crippen LogP contribution is 2.25. The number of thiophene rings is 1. The van der Waals surface area contributed by atoms with Gasteiger partial charge in [0.25, 0.3) is 5.91 Å². The van der Waals surface area contributed by atoms with Crippen LogP contribution in [-0.2, 0) is 0 Å². The summed E-state index contributed by atoms with van der Waals surface area (Å²) < 4.78 is 1.74. The molecule has 0 unspecified atom stereocenters. The van der Waals surface area contributed by atoms with E-state index in [0.717, 1.165) is 21.1 Å². The highest BCUT2D eigenvalue weighted by atomic mass is 32.1. The topological polar surface area (TPSA) is 85.1 Å². The maximum absolute atomic E-state index is 12.4. The number of aryl methyl sites for hydroxylation is 1. The molecule has 0 bridgehead atoms. The molecule has 1 N–H and O–H groups in total. The molecular weight excluding hydrogens is 404 g/mol. The van der Waals surface area contributed by atoms with Crippen LogP contribution >= 0.6 is 22.7 Å². The van der Waals surface area contributed by atoms with Gasteiger partial charge in [-0.15, -0.1) is 32.9 Å². The lowest BCUT2D eigenvalue weighted by molar-refractivity contribution is 0.102. The lowest BCUT2D eigenvalue weighted by Crippen LogP contribution is -2.12. The Kier molecular flexibility index (Phi) is 4.38. The zero-order valence-electron chi connectivity index (χ0n) is 15.2. The Balaban J connectivity index is 1.48. The van der Waals surface area contributed by atoms with E-state index in [1.807, 2.05) is 60.8 Å². The fourth-order valence-corrected chi connectivity index (χ4v) is 4.21. The molecule has 0 aliphatic rings. The first kappa shape index (κ1) is 17.7. The van der Waals surface area contributed by atoms with Crippen LogP contribution in [0.3, 0.4) is 0 Å². The molecular formula is C20H14N6OS2. The Labute approximate surface area is 173 Å². The van der Waals surface area contributed by atoms with E-state index < -0.39 is 0 Å². The van der Waals surface area contributed by atoms with Crippen molar-refractivity contribution >= 4 is 39.9 Å². The molecule has 142 valence electrons. The number of hydrogen-bond acceptors (Lipinski definition) is 7. The van der Waals surface area contributed by atoms with Crippen molar-refractivity contribution in [3.05, 3.63) is 70.0 Å². The average Bonchev–Trinajstić information content (AvgIpc) is 3.48. The number of anilines is 1. The van der Waals surface area contributed by atoms with Crippen molar-refractivity contribution in [2.24, 2.45) is 0 Å². The Morgan fingerprint density at radius 2 is 2.00 bits per heavy atom. The van der Waals surface area contributed by atoms with Crippen LogP contribution in [0.15, 0.2) is 59.3 Å². The van der Waals surface area contributed by atoms with Crippen molar-refractivity contribution in [1.82, 2.24) is 24.8 Å². The van der Waals surface area contributed by atoms with Crippen molar-refractivity contribution in [2.45, 2.75) is 6.92 Å². The van der Waals surface area contributed by atoms with Gasteiger partial charge < -0.3 is 5.32 Å². The average molecular weight is 419 g/mol. The van der Waals surface area contributed by atoms with Crippen LogP contribution in [0.4, 0.5) is 5.69 Å². The molecule has 4 heterocycles. The van der Waals surface area contributed by atoms with Crippen LogP contribution in [0.1, 0.15) is 15.5 Å². The van der Waals surface area contributed by atoms with Crippen LogP contribution in [0.5, 0.6) is 0 Å². The Morgan fingerprint density at radius 3 is 2.79 bits per heavy atom. The van der Waals surface area contributed by atoms with Crippen LogP contribution < -0.4 is 5.32 Å². The molecule has 29 heavy (non-hydrogen) atoms. The summed E-state index contributed by atoms with van der Waals surface area (Å²) in [6.45, 7) is 1.87. The van der Waals surface area contributed by atoms with Crippen molar-refractivity contribution in [1.29, 1.82) is 0 Å². The van der Waals surface area contributed by atoms with Crippen LogP contribution in [0, 0.1) is 6.92 Å². The molecule has 4 aromatic heterocycles. The predicted octanol–water partition coefficient (Wildman–Crippen LogP) is 4.54. The summed E-state index contributed by atoms with van der Waals surface area (Å²) in [6.07, 6.45) is 0. The molecule has 0 radical (unpaired) electrons. The first-order valence-electron chi connectivity index (χ1n) is 8.78. The number of nitrogens with zero attached hydrogens (tertiary/aromatic N) is 5. The minimum atomic E-state index is -0.228. The van der Waals surface area contributed by atoms with Gasteiger partial charge in [-0.1, -0.05) is 18.2 Å². The summed E-state index contributed by atoms with van der Waals surface area (Å²) in [5.74, 6) is 0.480. The summed E-state index contributed by atoms with van der Waals surface area (Å²) in [4.78, 5) is 17.6. The molecule has 1 aromatic carbocycles. The summed E-state index contributed by atoms with van der Waals surface area (Å²) in [5, 5.41) is 20.7. The third-order valence-corrected chi connectivity index (χ3v) is 5.91. The predicted molar refractivity (Wildman–Crippen MR) is 114 cm³/mol. The smallest absolute Gasteiger partial charge is 0.275 e. The lowest BCUT2D eigenvalue weighted by atomic mass is 10.1. The third kappa shape index (κ3) is 3.41. The zero-order chi connectivity index (χ0) is 19.8. The van der Waals surface area contributed by atoms with Crippen molar-refractivity contribution in [2.75, 3.05) is 5.32 Å². The first-order valence-corrected chi connectivity index (χ1v) is 10.5. The van der Waals surface area contributed by atoms with E-state index in [-0.39, 0.29) is 5.91 Å². The monoisotopic (exact) mass is 418 g/mol. The Bertz CT molecular complexity index is 1320. The highest BCUT2D eigenvalue weighted by Gasteiger charge is 2.13. The molecule has 0 spiro atoms. The fraction of sp³-hybridized carbons (Fsp3) is 0.0500. The van der Waals surface area contributed by atoms with Gasteiger partial charge in [-0.05, 0) is 42.6 Å². The minimum Gasteiger partial charge on any atom is -0.321 e. The van der Waals surface area contributed by atoms with E-state index >= 15 is 0 Å². The molecule has 0 saturated heterocycles. The normalized spacial score (nSPS) is 11.1. The number of rotatable bonds is 4. The van der Waals surface area contributed by atoms with E-state index in [2.05, 4.69) is 20.5 Å². The molecule has 0 aliphatic carbocycles. The Hall–Kier alpha value is -3.43. The number of aromatic nitrogens is 5. The van der Waals surface area contributed by atoms with Gasteiger partial charge in [-0.3, -0.25) is 4.79 Å². The molecule has 9 heteroatoms. The number of fused-ring (bicyclic) bond motifs is 1. The quantitative estimate of drug-likeness (QED) is 0.463. The van der Waals surface area contributed by atoms with E-state index in [9.17, 15) is 4.79 Å². The third-order valence-electron chi connectivity index (χ3n) is 4.27. The Morgan fingerprint density at radius 1 is 1.07 bits per heavy atom. The maximum atomic E-state index is 12.4. The number of benzene rings is 1. The number of carbonyl (C=O) groups excluding carboxylic acids is 1. The van der Waals surface area contributed by atoms with Gasteiger partial charge in [-0.25, -0.2) is 4.98 Å². The second-order valence-corrected chi connectivity index (χ2v) is 8.29. The SMILES string of the molecule is Cc1nc(C(=O)Nc2cccc(-c3ccc4nnc(-c5cccs5)n4n3)c2)cs1. The van der Waals surface area contributed by atoms with Gasteiger partial charge in [0.15, 0.2) is 11.5 Å². The van der Waals surface area contributed by atoms with Gasteiger partial charge in [-0.2, -0.15) is 9.61 Å². The molecule has 0 saturated carbocycles. The van der Waals surface area contributed by atoms with Crippen molar-refractivity contribution in [3.8, 4) is 22.0 Å². The minimum absolute atomic E-state index is 0.228. The standard InChI is InChI=1S/C20H14N6OS2/c1-12-21-16(11-29-12)20(27)22-14-5-2-4-13(10-14)15-7-8-18-23-24-19(26(18)25-15)17-6-3-9-28-17/h2-11H,1H3,(H,22,27). The highest BCUT2D eigenvalue weighted by molar-refractivity contribution is 7.13. The van der Waals surface area contributed by atoms with E-state index in [0.29, 0.717) is 22.9 Å². The van der Waals surface area contributed by atoms with Gasteiger partial charge in [0.1, 0.15) is 5.69 Å². The van der Waals surface area contributed by atoms with Gasteiger partial charge in [0.2, 0.25) is 0 Å². The zero-order valence-corrected chi connectivity index (χ0v) is 16.9. The van der Waals surface area contributed by atoms with E-state index in [1.54, 1.807) is 21.2 Å². The van der Waals surface area contributed by atoms with Gasteiger partial charge in [0.05, 0.1) is 15.6 Å². The molecule has 7 nitrogen and oxygen atoms in total. The number of carbonyl (C=O) groups is 1. The second-order valence-electron chi connectivity index (χ2n) is 6.28. The number of hydrogen-bond donors (Lipinski definition) is 1. The summed E-state index contributed by atoms with van der Waals surface area (Å²) in [6, 6.07) is 15.3. The van der Waals surface area contributed by atoms with Gasteiger partial charge in [0, 0.05) is 16.6 Å². The lowest BCUT2D eigenvalue weighted by Gasteiger charge is -2.07. The number of amides is 1. The summed E-state index contributed by atoms with van der Waals surface area (Å²) in [7, 11) is 0. The second kappa shape index (κ2) is 7.19. The summed E-state index contributed by atoms with van der Waals surface area (Å²) >= 11 is 3.04. The molecule has 0 atom stereocenters. The number of nitrogens with one attached hydrogen (secondary N) is 1. The fourth-order valence-electron chi connectivity index (χ4n) is 2.92. The molecule has 0 fully saturated rings.